The van der Waals surface area contributed by atoms with E-state index in [2.05, 4.69) is 4.90 Å². The molecule has 2 aliphatic heterocycles. The van der Waals surface area contributed by atoms with Gasteiger partial charge in [-0.25, -0.2) is 8.42 Å². The minimum atomic E-state index is -3.61. The summed E-state index contributed by atoms with van der Waals surface area (Å²) in [6, 6.07) is 8.61. The second kappa shape index (κ2) is 6.70. The molecule has 25 heavy (non-hydrogen) atoms. The highest BCUT2D eigenvalue weighted by Crippen LogP contribution is 2.29. The van der Waals surface area contributed by atoms with Crippen LogP contribution < -0.4 is 0 Å². The molecule has 4 rings (SSSR count). The van der Waals surface area contributed by atoms with Crippen molar-refractivity contribution in [1.29, 1.82) is 0 Å². The summed E-state index contributed by atoms with van der Waals surface area (Å²) in [5.74, 6) is -0.0209. The topological polar surface area (TPSA) is 60.9 Å². The fourth-order valence-corrected chi connectivity index (χ4v) is 5.63. The van der Waals surface area contributed by atoms with Gasteiger partial charge in [-0.2, -0.15) is 4.31 Å². The van der Waals surface area contributed by atoms with E-state index in [1.54, 1.807) is 30.3 Å². The van der Waals surface area contributed by atoms with Crippen molar-refractivity contribution >= 4 is 15.9 Å². The summed E-state index contributed by atoms with van der Waals surface area (Å²) in [5.41, 5.74) is 0. The van der Waals surface area contributed by atoms with Gasteiger partial charge < -0.3 is 4.90 Å². The van der Waals surface area contributed by atoms with Crippen LogP contribution in [0.2, 0.25) is 0 Å². The normalized spacial score (nSPS) is 26.1. The minimum absolute atomic E-state index is 0.0209. The molecule has 1 aromatic carbocycles. The van der Waals surface area contributed by atoms with Crippen molar-refractivity contribution < 1.29 is 13.2 Å². The molecule has 0 N–H and O–H groups in total. The number of benzene rings is 1. The van der Waals surface area contributed by atoms with Gasteiger partial charge in [0.1, 0.15) is 6.04 Å². The number of nitrogens with zero attached hydrogens (tertiary/aromatic N) is 3. The van der Waals surface area contributed by atoms with Gasteiger partial charge in [-0.05, 0) is 37.8 Å². The maximum absolute atomic E-state index is 13.0. The molecule has 1 atom stereocenters. The lowest BCUT2D eigenvalue weighted by Gasteiger charge is -2.37. The molecule has 136 valence electrons. The Bertz CT molecular complexity index is 725. The molecule has 0 aromatic heterocycles. The van der Waals surface area contributed by atoms with Gasteiger partial charge >= 0.3 is 0 Å². The van der Waals surface area contributed by atoms with Crippen LogP contribution in [0.15, 0.2) is 35.2 Å². The van der Waals surface area contributed by atoms with Crippen LogP contribution in [0.5, 0.6) is 0 Å². The van der Waals surface area contributed by atoms with Gasteiger partial charge in [0.2, 0.25) is 15.9 Å². The molecule has 2 heterocycles. The van der Waals surface area contributed by atoms with Gasteiger partial charge in [-0.15, -0.1) is 0 Å². The number of piperazine rings is 1. The van der Waals surface area contributed by atoms with E-state index in [-0.39, 0.29) is 10.8 Å². The van der Waals surface area contributed by atoms with E-state index in [0.717, 1.165) is 25.6 Å². The summed E-state index contributed by atoms with van der Waals surface area (Å²) in [5, 5.41) is 0. The third kappa shape index (κ3) is 3.32. The van der Waals surface area contributed by atoms with Crippen LogP contribution in [0.4, 0.5) is 0 Å². The first kappa shape index (κ1) is 17.0. The van der Waals surface area contributed by atoms with Crippen LogP contribution in [0.3, 0.4) is 0 Å². The number of amides is 1. The van der Waals surface area contributed by atoms with E-state index in [4.69, 9.17) is 0 Å². The first-order valence-electron chi connectivity index (χ1n) is 9.17. The number of carbonyl (C=O) groups excluding carboxylic acids is 1. The van der Waals surface area contributed by atoms with E-state index < -0.39 is 16.1 Å². The van der Waals surface area contributed by atoms with Crippen molar-refractivity contribution in [2.24, 2.45) is 0 Å². The van der Waals surface area contributed by atoms with Crippen LogP contribution in [-0.2, 0) is 14.8 Å². The molecule has 1 aromatic rings. The summed E-state index contributed by atoms with van der Waals surface area (Å²) in [6.07, 6.45) is 3.91. The highest BCUT2D eigenvalue weighted by Gasteiger charge is 2.42. The molecule has 3 aliphatic rings. The predicted octanol–water partition coefficient (Wildman–Crippen LogP) is 1.15. The predicted molar refractivity (Wildman–Crippen MR) is 94.5 cm³/mol. The zero-order valence-electron chi connectivity index (χ0n) is 14.4. The Morgan fingerprint density at radius 1 is 0.920 bits per heavy atom. The molecule has 2 saturated heterocycles. The fourth-order valence-electron chi connectivity index (χ4n) is 3.96. The maximum atomic E-state index is 13.0. The van der Waals surface area contributed by atoms with E-state index in [1.807, 2.05) is 4.90 Å². The average Bonchev–Trinajstić information content (AvgIpc) is 3.38. The van der Waals surface area contributed by atoms with Crippen LogP contribution in [-0.4, -0.2) is 73.2 Å². The van der Waals surface area contributed by atoms with Crippen molar-refractivity contribution in [1.82, 2.24) is 14.1 Å². The molecule has 1 saturated carbocycles. The highest BCUT2D eigenvalue weighted by atomic mass is 32.2. The van der Waals surface area contributed by atoms with Gasteiger partial charge in [0.25, 0.3) is 0 Å². The molecule has 6 nitrogen and oxygen atoms in total. The fraction of sp³-hybridized carbons (Fsp3) is 0.611. The summed E-state index contributed by atoms with van der Waals surface area (Å²) < 4.78 is 27.3. The van der Waals surface area contributed by atoms with Crippen molar-refractivity contribution in [3.63, 3.8) is 0 Å². The SMILES string of the molecule is O=C(C1CCCN1S(=O)(=O)c1ccccc1)N1CCN(C2CC2)CC1. The number of hydrogen-bond acceptors (Lipinski definition) is 4. The number of sulfonamides is 1. The Labute approximate surface area is 149 Å². The molecule has 1 aliphatic carbocycles. The lowest BCUT2D eigenvalue weighted by atomic mass is 10.2. The van der Waals surface area contributed by atoms with Crippen LogP contribution in [0, 0.1) is 0 Å². The van der Waals surface area contributed by atoms with Crippen molar-refractivity contribution in [2.45, 2.75) is 42.7 Å². The lowest BCUT2D eigenvalue weighted by molar-refractivity contribution is -0.136. The molecular formula is C18H25N3O3S. The number of carbonyl (C=O) groups is 1. The second-order valence-corrected chi connectivity index (χ2v) is 9.07. The Kier molecular flexibility index (Phi) is 4.56. The van der Waals surface area contributed by atoms with E-state index >= 15 is 0 Å². The van der Waals surface area contributed by atoms with Crippen molar-refractivity contribution in [3.05, 3.63) is 30.3 Å². The van der Waals surface area contributed by atoms with Gasteiger partial charge in [-0.3, -0.25) is 9.69 Å². The quantitative estimate of drug-likeness (QED) is 0.805. The Hall–Kier alpha value is -1.44. The largest absolute Gasteiger partial charge is 0.339 e. The van der Waals surface area contributed by atoms with Gasteiger partial charge in [-0.1, -0.05) is 18.2 Å². The third-order valence-electron chi connectivity index (χ3n) is 5.53. The molecular weight excluding hydrogens is 338 g/mol. The molecule has 1 amide bonds. The van der Waals surface area contributed by atoms with E-state index in [0.29, 0.717) is 26.1 Å². The molecule has 0 bridgehead atoms. The Balaban J connectivity index is 1.47. The molecule has 0 radical (unpaired) electrons. The second-order valence-electron chi connectivity index (χ2n) is 7.18. The standard InChI is InChI=1S/C18H25N3O3S/c22-18(20-13-11-19(12-14-20)15-8-9-15)17-7-4-10-21(17)25(23,24)16-5-2-1-3-6-16/h1-3,5-6,15,17H,4,7-14H2. The lowest BCUT2D eigenvalue weighted by Crippen LogP contribution is -2.54. The highest BCUT2D eigenvalue weighted by molar-refractivity contribution is 7.89. The number of hydrogen-bond donors (Lipinski definition) is 0. The van der Waals surface area contributed by atoms with Crippen LogP contribution >= 0.6 is 0 Å². The summed E-state index contributed by atoms with van der Waals surface area (Å²) >= 11 is 0. The first-order chi connectivity index (χ1) is 12.1. The number of rotatable bonds is 4. The van der Waals surface area contributed by atoms with Gasteiger partial charge in [0.05, 0.1) is 4.90 Å². The molecule has 7 heteroatoms. The van der Waals surface area contributed by atoms with Crippen LogP contribution in [0.25, 0.3) is 0 Å². The molecule has 0 spiro atoms. The minimum Gasteiger partial charge on any atom is -0.339 e. The Morgan fingerprint density at radius 2 is 1.60 bits per heavy atom. The zero-order valence-corrected chi connectivity index (χ0v) is 15.2. The average molecular weight is 363 g/mol. The van der Waals surface area contributed by atoms with Crippen LogP contribution in [0.1, 0.15) is 25.7 Å². The van der Waals surface area contributed by atoms with Crippen molar-refractivity contribution in [3.8, 4) is 0 Å². The van der Waals surface area contributed by atoms with E-state index in [9.17, 15) is 13.2 Å². The van der Waals surface area contributed by atoms with E-state index in [1.165, 1.54) is 17.1 Å². The summed E-state index contributed by atoms with van der Waals surface area (Å²) in [6.45, 7) is 3.68. The van der Waals surface area contributed by atoms with Crippen molar-refractivity contribution in [2.75, 3.05) is 32.7 Å². The summed E-state index contributed by atoms with van der Waals surface area (Å²) in [7, 11) is -3.61. The van der Waals surface area contributed by atoms with Gasteiger partial charge in [0, 0.05) is 38.8 Å². The monoisotopic (exact) mass is 363 g/mol. The molecule has 1 unspecified atom stereocenters. The summed E-state index contributed by atoms with van der Waals surface area (Å²) in [4.78, 5) is 17.6. The smallest absolute Gasteiger partial charge is 0.243 e. The maximum Gasteiger partial charge on any atom is 0.243 e. The Morgan fingerprint density at radius 3 is 2.24 bits per heavy atom. The van der Waals surface area contributed by atoms with Gasteiger partial charge in [0.15, 0.2) is 0 Å². The third-order valence-corrected chi connectivity index (χ3v) is 7.45. The zero-order chi connectivity index (χ0) is 17.4. The molecule has 3 fully saturated rings. The first-order valence-corrected chi connectivity index (χ1v) is 10.6.